The molecule has 0 heterocycles. The van der Waals surface area contributed by atoms with Crippen molar-refractivity contribution in [3.63, 3.8) is 0 Å². The number of hydrogen-bond acceptors (Lipinski definition) is 4. The van der Waals surface area contributed by atoms with Crippen molar-refractivity contribution in [2.45, 2.75) is 25.3 Å². The first-order chi connectivity index (χ1) is 9.20. The lowest BCUT2D eigenvalue weighted by atomic mass is 9.77. The van der Waals surface area contributed by atoms with E-state index in [1.54, 1.807) is 13.8 Å². The number of rotatable bonds is 5. The second-order valence-electron chi connectivity index (χ2n) is 4.91. The van der Waals surface area contributed by atoms with Crippen LogP contribution in [-0.4, -0.2) is 33.2 Å². The number of carboxylic acids is 1. The lowest BCUT2D eigenvalue weighted by Gasteiger charge is -2.32. The van der Waals surface area contributed by atoms with Crippen LogP contribution < -0.4 is 5.32 Å². The number of carbonyl (C=O) groups excluding carboxylic acids is 1. The smallest absolute Gasteiger partial charge is 0.327 e. The quantitative estimate of drug-likeness (QED) is 0.477. The van der Waals surface area contributed by atoms with E-state index in [0.29, 0.717) is 5.56 Å². The molecule has 6 heteroatoms. The van der Waals surface area contributed by atoms with Gasteiger partial charge in [-0.15, -0.1) is 0 Å². The summed E-state index contributed by atoms with van der Waals surface area (Å²) in [6.45, 7) is 6.50. The van der Waals surface area contributed by atoms with Gasteiger partial charge in [-0.1, -0.05) is 26.5 Å². The van der Waals surface area contributed by atoms with Gasteiger partial charge in [-0.2, -0.15) is 0 Å². The van der Waals surface area contributed by atoms with E-state index in [2.05, 4.69) is 11.9 Å². The summed E-state index contributed by atoms with van der Waals surface area (Å²) >= 11 is 0. The summed E-state index contributed by atoms with van der Waals surface area (Å²) in [4.78, 5) is 22.7. The van der Waals surface area contributed by atoms with Gasteiger partial charge < -0.3 is 20.6 Å². The summed E-state index contributed by atoms with van der Waals surface area (Å²) in [7, 11) is 0. The Balaban J connectivity index is 3.21. The maximum absolute atomic E-state index is 11.4. The molecule has 108 valence electrons. The molecule has 20 heavy (non-hydrogen) atoms. The van der Waals surface area contributed by atoms with Crippen molar-refractivity contribution in [2.75, 3.05) is 0 Å². The molecule has 0 radical (unpaired) electrons. The molecule has 1 rings (SSSR count). The number of benzene rings is 1. The van der Waals surface area contributed by atoms with E-state index in [4.69, 9.17) is 0 Å². The maximum atomic E-state index is 11.4. The van der Waals surface area contributed by atoms with E-state index in [1.165, 1.54) is 18.2 Å². The average molecular weight is 279 g/mol. The second-order valence-corrected chi connectivity index (χ2v) is 4.91. The number of hydrogen-bond donors (Lipinski definition) is 4. The van der Waals surface area contributed by atoms with Gasteiger partial charge in [0.05, 0.1) is 0 Å². The van der Waals surface area contributed by atoms with Crippen molar-refractivity contribution in [2.24, 2.45) is 0 Å². The molecule has 0 aromatic heterocycles. The van der Waals surface area contributed by atoms with Crippen LogP contribution in [0.5, 0.6) is 11.5 Å². The van der Waals surface area contributed by atoms with Crippen LogP contribution in [0.15, 0.2) is 30.9 Å². The van der Waals surface area contributed by atoms with Crippen LogP contribution in [0.2, 0.25) is 0 Å². The third kappa shape index (κ3) is 3.09. The van der Waals surface area contributed by atoms with Gasteiger partial charge in [0.2, 0.25) is 5.91 Å². The Morgan fingerprint density at radius 2 is 1.90 bits per heavy atom. The Morgan fingerprint density at radius 1 is 1.30 bits per heavy atom. The SMILES string of the molecule is C=CC(=O)NC(C(=O)O)C(C)(C)c1ccc(O)c(O)c1. The monoisotopic (exact) mass is 279 g/mol. The molecule has 0 aliphatic rings. The predicted octanol–water partition coefficient (Wildman–Crippen LogP) is 1.13. The minimum atomic E-state index is -1.21. The lowest BCUT2D eigenvalue weighted by Crippen LogP contribution is -2.52. The standard InChI is InChI=1S/C14H17NO5/c1-4-11(18)15-12(13(19)20)14(2,3)8-5-6-9(16)10(17)7-8/h4-7,12,16-17H,1H2,2-3H3,(H,15,18)(H,19,20). The van der Waals surface area contributed by atoms with Crippen LogP contribution in [0, 0.1) is 0 Å². The van der Waals surface area contributed by atoms with Crippen molar-refractivity contribution in [3.05, 3.63) is 36.4 Å². The molecule has 4 N–H and O–H groups in total. The van der Waals surface area contributed by atoms with Crippen LogP contribution in [0.1, 0.15) is 19.4 Å². The molecular weight excluding hydrogens is 262 g/mol. The van der Waals surface area contributed by atoms with Crippen molar-refractivity contribution < 1.29 is 24.9 Å². The number of carbonyl (C=O) groups is 2. The molecule has 1 atom stereocenters. The van der Waals surface area contributed by atoms with E-state index >= 15 is 0 Å². The van der Waals surface area contributed by atoms with Crippen molar-refractivity contribution >= 4 is 11.9 Å². The molecule has 6 nitrogen and oxygen atoms in total. The number of aromatic hydroxyl groups is 2. The molecule has 0 spiro atoms. The molecule has 0 bridgehead atoms. The fourth-order valence-corrected chi connectivity index (χ4v) is 1.84. The third-order valence-electron chi connectivity index (χ3n) is 3.16. The molecule has 1 amide bonds. The van der Waals surface area contributed by atoms with Crippen molar-refractivity contribution in [1.29, 1.82) is 0 Å². The Kier molecular flexibility index (Phi) is 4.39. The first-order valence-corrected chi connectivity index (χ1v) is 5.88. The highest BCUT2D eigenvalue weighted by Gasteiger charge is 2.38. The van der Waals surface area contributed by atoms with Crippen LogP contribution in [-0.2, 0) is 15.0 Å². The summed E-state index contributed by atoms with van der Waals surface area (Å²) in [6.07, 6.45) is 0.986. The fraction of sp³-hybridized carbons (Fsp3) is 0.286. The van der Waals surface area contributed by atoms with Gasteiger partial charge in [0.15, 0.2) is 11.5 Å². The van der Waals surface area contributed by atoms with Gasteiger partial charge in [-0.05, 0) is 23.8 Å². The van der Waals surface area contributed by atoms with E-state index < -0.39 is 23.3 Å². The predicted molar refractivity (Wildman–Crippen MR) is 72.6 cm³/mol. The zero-order valence-corrected chi connectivity index (χ0v) is 11.3. The second kappa shape index (κ2) is 5.64. The van der Waals surface area contributed by atoms with Gasteiger partial charge >= 0.3 is 5.97 Å². The molecule has 0 aliphatic carbocycles. The van der Waals surface area contributed by atoms with Gasteiger partial charge in [0.1, 0.15) is 6.04 Å². The first kappa shape index (κ1) is 15.6. The van der Waals surface area contributed by atoms with E-state index in [-0.39, 0.29) is 11.5 Å². The number of nitrogens with one attached hydrogen (secondary N) is 1. The molecule has 0 fully saturated rings. The fourth-order valence-electron chi connectivity index (χ4n) is 1.84. The summed E-state index contributed by atoms with van der Waals surface area (Å²) in [6, 6.07) is 2.81. The number of phenolic OH excluding ortho intramolecular Hbond substituents is 2. The number of phenols is 2. The van der Waals surface area contributed by atoms with Crippen LogP contribution in [0.3, 0.4) is 0 Å². The molecule has 0 saturated heterocycles. The molecule has 0 saturated carbocycles. The molecule has 1 unspecified atom stereocenters. The van der Waals surface area contributed by atoms with Gasteiger partial charge in [0, 0.05) is 5.41 Å². The van der Waals surface area contributed by atoms with E-state index in [0.717, 1.165) is 6.08 Å². The first-order valence-electron chi connectivity index (χ1n) is 5.88. The highest BCUT2D eigenvalue weighted by atomic mass is 16.4. The van der Waals surface area contributed by atoms with Crippen LogP contribution >= 0.6 is 0 Å². The number of carboxylic acid groups (broad SMARTS) is 1. The molecule has 1 aromatic rings. The molecular formula is C14H17NO5. The minimum Gasteiger partial charge on any atom is -0.504 e. The summed E-state index contributed by atoms with van der Waals surface area (Å²) in [5.41, 5.74) is -0.542. The van der Waals surface area contributed by atoms with Crippen LogP contribution in [0.25, 0.3) is 0 Å². The minimum absolute atomic E-state index is 0.299. The van der Waals surface area contributed by atoms with Gasteiger partial charge in [-0.25, -0.2) is 4.79 Å². The third-order valence-corrected chi connectivity index (χ3v) is 3.16. The van der Waals surface area contributed by atoms with Crippen molar-refractivity contribution in [1.82, 2.24) is 5.32 Å². The highest BCUT2D eigenvalue weighted by Crippen LogP contribution is 2.33. The average Bonchev–Trinajstić information content (AvgIpc) is 2.37. The Hall–Kier alpha value is -2.50. The highest BCUT2D eigenvalue weighted by molar-refractivity contribution is 5.91. The Bertz CT molecular complexity index is 550. The van der Waals surface area contributed by atoms with Crippen LogP contribution in [0.4, 0.5) is 0 Å². The Morgan fingerprint density at radius 3 is 2.35 bits per heavy atom. The summed E-state index contributed by atoms with van der Waals surface area (Å²) in [5.74, 6) is -2.47. The van der Waals surface area contributed by atoms with Crippen molar-refractivity contribution in [3.8, 4) is 11.5 Å². The normalized spacial score (nSPS) is 12.5. The number of aliphatic carboxylic acids is 1. The maximum Gasteiger partial charge on any atom is 0.327 e. The van der Waals surface area contributed by atoms with E-state index in [9.17, 15) is 24.9 Å². The zero-order valence-electron chi connectivity index (χ0n) is 11.3. The van der Waals surface area contributed by atoms with Gasteiger partial charge in [0.25, 0.3) is 0 Å². The zero-order chi connectivity index (χ0) is 15.5. The Labute approximate surface area is 116 Å². The molecule has 0 aliphatic heterocycles. The topological polar surface area (TPSA) is 107 Å². The largest absolute Gasteiger partial charge is 0.504 e. The molecule has 1 aromatic carbocycles. The van der Waals surface area contributed by atoms with E-state index in [1.807, 2.05) is 0 Å². The summed E-state index contributed by atoms with van der Waals surface area (Å²) in [5, 5.41) is 30.4. The lowest BCUT2D eigenvalue weighted by molar-refractivity contribution is -0.143. The van der Waals surface area contributed by atoms with Gasteiger partial charge in [-0.3, -0.25) is 4.79 Å². The number of amides is 1. The summed E-state index contributed by atoms with van der Waals surface area (Å²) < 4.78 is 0.